The van der Waals surface area contributed by atoms with E-state index in [1.165, 1.54) is 19.3 Å². The number of rotatable bonds is 2. The number of nitrogens with zero attached hydrogens (tertiary/aromatic N) is 1. The highest BCUT2D eigenvalue weighted by molar-refractivity contribution is 5.02. The predicted octanol–water partition coefficient (Wildman–Crippen LogP) is 1.86. The van der Waals surface area contributed by atoms with Crippen molar-refractivity contribution in [2.45, 2.75) is 45.6 Å². The average molecular weight is 240 g/mol. The van der Waals surface area contributed by atoms with Crippen molar-refractivity contribution in [2.24, 2.45) is 17.1 Å². The maximum atomic E-state index is 6.17. The lowest BCUT2D eigenvalue weighted by Crippen LogP contribution is -2.63. The van der Waals surface area contributed by atoms with Gasteiger partial charge in [0, 0.05) is 25.2 Å². The average Bonchev–Trinajstić information content (AvgIpc) is 2.30. The molecule has 0 radical (unpaired) electrons. The fraction of sp³-hybridized carbons (Fsp3) is 1.00. The van der Waals surface area contributed by atoms with Gasteiger partial charge in [-0.2, -0.15) is 0 Å². The van der Waals surface area contributed by atoms with Crippen molar-refractivity contribution in [3.05, 3.63) is 0 Å². The highest BCUT2D eigenvalue weighted by Gasteiger charge is 2.46. The second-order valence-corrected chi connectivity index (χ2v) is 6.68. The van der Waals surface area contributed by atoms with Crippen LogP contribution in [-0.4, -0.2) is 43.3 Å². The number of hydrogen-bond donors (Lipinski definition) is 1. The van der Waals surface area contributed by atoms with Crippen molar-refractivity contribution < 1.29 is 4.74 Å². The van der Waals surface area contributed by atoms with Crippen molar-refractivity contribution in [2.75, 3.05) is 32.8 Å². The molecule has 2 fully saturated rings. The molecular formula is C14H28N2O. The van der Waals surface area contributed by atoms with Crippen LogP contribution in [0.5, 0.6) is 0 Å². The summed E-state index contributed by atoms with van der Waals surface area (Å²) in [6.45, 7) is 11.8. The molecule has 3 nitrogen and oxygen atoms in total. The molecule has 2 rings (SSSR count). The molecule has 17 heavy (non-hydrogen) atoms. The molecule has 0 aromatic rings. The molecule has 1 saturated heterocycles. The first-order valence-electron chi connectivity index (χ1n) is 7.03. The third-order valence-corrected chi connectivity index (χ3v) is 5.01. The van der Waals surface area contributed by atoms with Crippen LogP contribution in [0.4, 0.5) is 0 Å². The Hall–Kier alpha value is -0.120. The van der Waals surface area contributed by atoms with Gasteiger partial charge in [0.1, 0.15) is 0 Å². The van der Waals surface area contributed by atoms with E-state index in [1.807, 2.05) is 0 Å². The van der Waals surface area contributed by atoms with Crippen molar-refractivity contribution in [3.63, 3.8) is 0 Å². The van der Waals surface area contributed by atoms with Crippen molar-refractivity contribution >= 4 is 0 Å². The molecule has 2 aliphatic rings. The van der Waals surface area contributed by atoms with E-state index in [9.17, 15) is 0 Å². The van der Waals surface area contributed by atoms with Crippen LogP contribution in [0.15, 0.2) is 0 Å². The molecule has 0 amide bonds. The second kappa shape index (κ2) is 4.87. The molecule has 0 aromatic carbocycles. The Balaban J connectivity index is 2.13. The summed E-state index contributed by atoms with van der Waals surface area (Å²) in [5.74, 6) is 0.689. The lowest BCUT2D eigenvalue weighted by molar-refractivity contribution is -0.0721. The van der Waals surface area contributed by atoms with Crippen LogP contribution in [0.1, 0.15) is 40.0 Å². The van der Waals surface area contributed by atoms with Gasteiger partial charge in [-0.05, 0) is 30.6 Å². The Bertz CT molecular complexity index is 261. The van der Waals surface area contributed by atoms with Gasteiger partial charge in [0.15, 0.2) is 0 Å². The van der Waals surface area contributed by atoms with Gasteiger partial charge < -0.3 is 10.5 Å². The second-order valence-electron chi connectivity index (χ2n) is 6.68. The predicted molar refractivity (Wildman–Crippen MR) is 71.0 cm³/mol. The Kier molecular flexibility index (Phi) is 3.81. The highest BCUT2D eigenvalue weighted by Crippen LogP contribution is 2.46. The maximum Gasteiger partial charge on any atom is 0.0594 e. The largest absolute Gasteiger partial charge is 0.379 e. The van der Waals surface area contributed by atoms with Crippen molar-refractivity contribution in [1.82, 2.24) is 4.90 Å². The summed E-state index contributed by atoms with van der Waals surface area (Å²) >= 11 is 0. The first-order valence-corrected chi connectivity index (χ1v) is 7.03. The van der Waals surface area contributed by atoms with E-state index in [4.69, 9.17) is 10.5 Å². The molecule has 0 spiro atoms. The van der Waals surface area contributed by atoms with E-state index in [1.54, 1.807) is 0 Å². The van der Waals surface area contributed by atoms with Gasteiger partial charge in [0.25, 0.3) is 0 Å². The molecule has 2 unspecified atom stereocenters. The summed E-state index contributed by atoms with van der Waals surface area (Å²) in [6, 6.07) is 0. The third kappa shape index (κ3) is 2.51. The molecule has 1 heterocycles. The molecular weight excluding hydrogens is 212 g/mol. The van der Waals surface area contributed by atoms with Crippen LogP contribution in [-0.2, 0) is 4.74 Å². The van der Waals surface area contributed by atoms with E-state index in [2.05, 4.69) is 25.7 Å². The monoisotopic (exact) mass is 240 g/mol. The van der Waals surface area contributed by atoms with Gasteiger partial charge in [-0.3, -0.25) is 4.90 Å². The van der Waals surface area contributed by atoms with E-state index in [-0.39, 0.29) is 5.54 Å². The first kappa shape index (κ1) is 13.3. The van der Waals surface area contributed by atoms with Gasteiger partial charge in [-0.25, -0.2) is 0 Å². The zero-order chi connectivity index (χ0) is 12.5. The molecule has 1 aliphatic carbocycles. The topological polar surface area (TPSA) is 38.5 Å². The quantitative estimate of drug-likeness (QED) is 0.801. The Labute approximate surface area is 106 Å². The van der Waals surface area contributed by atoms with E-state index >= 15 is 0 Å². The number of hydrogen-bond acceptors (Lipinski definition) is 3. The summed E-state index contributed by atoms with van der Waals surface area (Å²) in [4.78, 5) is 2.61. The van der Waals surface area contributed by atoms with Crippen molar-refractivity contribution in [3.8, 4) is 0 Å². The molecule has 1 aliphatic heterocycles. The zero-order valence-corrected chi connectivity index (χ0v) is 11.7. The van der Waals surface area contributed by atoms with Crippen LogP contribution in [0.3, 0.4) is 0 Å². The van der Waals surface area contributed by atoms with E-state index in [0.29, 0.717) is 11.3 Å². The summed E-state index contributed by atoms with van der Waals surface area (Å²) in [6.07, 6.45) is 3.84. The Morgan fingerprint density at radius 2 is 1.88 bits per heavy atom. The van der Waals surface area contributed by atoms with Crippen molar-refractivity contribution in [1.29, 1.82) is 0 Å². The van der Waals surface area contributed by atoms with Crippen LogP contribution in [0.25, 0.3) is 0 Å². The molecule has 0 aromatic heterocycles. The fourth-order valence-corrected chi connectivity index (χ4v) is 3.83. The highest BCUT2D eigenvalue weighted by atomic mass is 16.5. The van der Waals surface area contributed by atoms with Gasteiger partial charge in [-0.1, -0.05) is 20.8 Å². The molecule has 0 bridgehead atoms. The minimum Gasteiger partial charge on any atom is -0.379 e. The zero-order valence-electron chi connectivity index (χ0n) is 11.7. The van der Waals surface area contributed by atoms with Crippen LogP contribution in [0.2, 0.25) is 0 Å². The standard InChI is InChI=1S/C14H28N2O/c1-12-10-13(2,3)4-5-14(12,11-15)16-6-8-17-9-7-16/h12H,4-11,15H2,1-3H3. The minimum atomic E-state index is 0.235. The van der Waals surface area contributed by atoms with Crippen LogP contribution < -0.4 is 5.73 Å². The summed E-state index contributed by atoms with van der Waals surface area (Å²) < 4.78 is 5.47. The number of nitrogens with two attached hydrogens (primary N) is 1. The Morgan fingerprint density at radius 1 is 1.24 bits per heavy atom. The SMILES string of the molecule is CC1CC(C)(C)CCC1(CN)N1CCOCC1. The van der Waals surface area contributed by atoms with E-state index in [0.717, 1.165) is 32.8 Å². The van der Waals surface area contributed by atoms with Crippen LogP contribution >= 0.6 is 0 Å². The molecule has 1 saturated carbocycles. The van der Waals surface area contributed by atoms with Gasteiger partial charge in [0.2, 0.25) is 0 Å². The normalized spacial score (nSPS) is 39.2. The van der Waals surface area contributed by atoms with Crippen LogP contribution in [0, 0.1) is 11.3 Å². The number of ether oxygens (including phenoxy) is 1. The van der Waals surface area contributed by atoms with Gasteiger partial charge in [0.05, 0.1) is 13.2 Å². The smallest absolute Gasteiger partial charge is 0.0594 e. The molecule has 100 valence electrons. The molecule has 2 N–H and O–H groups in total. The fourth-order valence-electron chi connectivity index (χ4n) is 3.83. The maximum absolute atomic E-state index is 6.17. The lowest BCUT2D eigenvalue weighted by atomic mass is 9.63. The van der Waals surface area contributed by atoms with E-state index < -0.39 is 0 Å². The summed E-state index contributed by atoms with van der Waals surface area (Å²) in [5, 5.41) is 0. The lowest BCUT2D eigenvalue weighted by Gasteiger charge is -2.54. The van der Waals surface area contributed by atoms with Gasteiger partial charge in [-0.15, -0.1) is 0 Å². The molecule has 2 atom stereocenters. The third-order valence-electron chi connectivity index (χ3n) is 5.01. The molecule has 3 heteroatoms. The summed E-state index contributed by atoms with van der Waals surface area (Å²) in [7, 11) is 0. The minimum absolute atomic E-state index is 0.235. The Morgan fingerprint density at radius 3 is 2.41 bits per heavy atom. The first-order chi connectivity index (χ1) is 8.00. The van der Waals surface area contributed by atoms with Gasteiger partial charge >= 0.3 is 0 Å². The summed E-state index contributed by atoms with van der Waals surface area (Å²) in [5.41, 5.74) is 6.89. The number of morpholine rings is 1.